The minimum atomic E-state index is -0.642. The van der Waals surface area contributed by atoms with E-state index in [0.29, 0.717) is 41.2 Å². The summed E-state index contributed by atoms with van der Waals surface area (Å²) in [5.41, 5.74) is 2.13. The number of hydrogen-bond donors (Lipinski definition) is 0. The van der Waals surface area contributed by atoms with Gasteiger partial charge in [-0.1, -0.05) is 44.0 Å². The fraction of sp³-hybridized carbons (Fsp3) is 0.300. The number of ether oxygens (including phenoxy) is 2. The lowest BCUT2D eigenvalue weighted by molar-refractivity contribution is 0.0714. The van der Waals surface area contributed by atoms with Crippen molar-refractivity contribution >= 4 is 16.9 Å². The first-order valence-electron chi connectivity index (χ1n) is 12.8. The van der Waals surface area contributed by atoms with Crippen LogP contribution in [-0.2, 0) is 6.54 Å². The van der Waals surface area contributed by atoms with Gasteiger partial charge in [0, 0.05) is 18.9 Å². The van der Waals surface area contributed by atoms with E-state index < -0.39 is 6.04 Å². The first-order valence-corrected chi connectivity index (χ1v) is 12.8. The molecule has 0 saturated heterocycles. The van der Waals surface area contributed by atoms with Gasteiger partial charge in [0.2, 0.25) is 5.76 Å². The van der Waals surface area contributed by atoms with Crippen LogP contribution in [-0.4, -0.2) is 29.0 Å². The Labute approximate surface area is 215 Å². The smallest absolute Gasteiger partial charge is 0.291 e. The molecule has 37 heavy (non-hydrogen) atoms. The molecule has 0 N–H and O–H groups in total. The maximum atomic E-state index is 13.7. The van der Waals surface area contributed by atoms with E-state index in [0.717, 1.165) is 30.4 Å². The fourth-order valence-electron chi connectivity index (χ4n) is 4.78. The van der Waals surface area contributed by atoms with E-state index in [2.05, 4.69) is 11.9 Å². The molecule has 7 heteroatoms. The Hall–Kier alpha value is -4.13. The fourth-order valence-corrected chi connectivity index (χ4v) is 4.78. The summed E-state index contributed by atoms with van der Waals surface area (Å²) in [5.74, 6) is 0.986. The van der Waals surface area contributed by atoms with Gasteiger partial charge in [-0.05, 0) is 54.8 Å². The van der Waals surface area contributed by atoms with Gasteiger partial charge in [-0.3, -0.25) is 14.6 Å². The lowest BCUT2D eigenvalue weighted by atomic mass is 9.98. The molecule has 1 atom stereocenters. The Balaban J connectivity index is 1.61. The first-order chi connectivity index (χ1) is 18.1. The maximum Gasteiger partial charge on any atom is 0.291 e. The summed E-state index contributed by atoms with van der Waals surface area (Å²) in [5, 5.41) is 0.447. The van der Waals surface area contributed by atoms with Crippen LogP contribution in [0.3, 0.4) is 0 Å². The predicted molar refractivity (Wildman–Crippen MR) is 141 cm³/mol. The number of hydrogen-bond acceptors (Lipinski definition) is 6. The quantitative estimate of drug-likeness (QED) is 0.253. The molecule has 7 nitrogen and oxygen atoms in total. The van der Waals surface area contributed by atoms with E-state index in [1.165, 1.54) is 0 Å². The van der Waals surface area contributed by atoms with Crippen LogP contribution in [0.1, 0.15) is 66.4 Å². The molecule has 3 heterocycles. The minimum Gasteiger partial charge on any atom is -0.490 e. The topological polar surface area (TPSA) is 81.9 Å². The second-order valence-electron chi connectivity index (χ2n) is 9.06. The number of para-hydroxylation sites is 1. The standard InChI is InChI=1S/C30H30N2O5/c1-3-5-8-16-36-24-14-13-21(17-25(24)35-4-2)27-26-28(33)22-11-6-7-12-23(22)37-29(26)30(34)32(27)19-20-10-9-15-31-18-20/h6-7,9-15,17-18,27H,3-5,8,16,19H2,1-2H3. The zero-order valence-electron chi connectivity index (χ0n) is 21.1. The molecule has 4 aromatic rings. The van der Waals surface area contributed by atoms with E-state index >= 15 is 0 Å². The second-order valence-corrected chi connectivity index (χ2v) is 9.06. The van der Waals surface area contributed by atoms with Crippen molar-refractivity contribution in [2.75, 3.05) is 13.2 Å². The largest absolute Gasteiger partial charge is 0.490 e. The summed E-state index contributed by atoms with van der Waals surface area (Å²) in [4.78, 5) is 33.3. The van der Waals surface area contributed by atoms with Gasteiger partial charge in [-0.25, -0.2) is 0 Å². The van der Waals surface area contributed by atoms with Crippen molar-refractivity contribution in [1.29, 1.82) is 0 Å². The number of carbonyl (C=O) groups excluding carboxylic acids is 1. The van der Waals surface area contributed by atoms with Gasteiger partial charge in [0.15, 0.2) is 16.9 Å². The molecule has 0 bridgehead atoms. The summed E-state index contributed by atoms with van der Waals surface area (Å²) < 4.78 is 18.0. The Morgan fingerprint density at radius 2 is 1.84 bits per heavy atom. The lowest BCUT2D eigenvalue weighted by Gasteiger charge is -2.26. The average Bonchev–Trinajstić information content (AvgIpc) is 3.19. The number of rotatable bonds is 10. The first kappa shape index (κ1) is 24.6. The van der Waals surface area contributed by atoms with Crippen molar-refractivity contribution in [2.24, 2.45) is 0 Å². The van der Waals surface area contributed by atoms with Crippen LogP contribution in [0.15, 0.2) is 76.2 Å². The van der Waals surface area contributed by atoms with E-state index in [1.807, 2.05) is 37.3 Å². The third kappa shape index (κ3) is 4.81. The van der Waals surface area contributed by atoms with Crippen LogP contribution in [0.5, 0.6) is 11.5 Å². The molecule has 0 aliphatic carbocycles. The molecule has 1 aliphatic heterocycles. The van der Waals surface area contributed by atoms with Crippen molar-refractivity contribution in [2.45, 2.75) is 45.7 Å². The van der Waals surface area contributed by atoms with Gasteiger partial charge in [-0.2, -0.15) is 0 Å². The van der Waals surface area contributed by atoms with Gasteiger partial charge in [0.1, 0.15) is 5.58 Å². The molecule has 0 radical (unpaired) electrons. The monoisotopic (exact) mass is 498 g/mol. The van der Waals surface area contributed by atoms with E-state index in [4.69, 9.17) is 13.9 Å². The summed E-state index contributed by atoms with van der Waals surface area (Å²) in [6.07, 6.45) is 6.57. The summed E-state index contributed by atoms with van der Waals surface area (Å²) >= 11 is 0. The molecule has 0 saturated carbocycles. The third-order valence-corrected chi connectivity index (χ3v) is 6.54. The average molecular weight is 499 g/mol. The Kier molecular flexibility index (Phi) is 7.21. The van der Waals surface area contributed by atoms with E-state index in [9.17, 15) is 9.59 Å². The number of amides is 1. The van der Waals surface area contributed by atoms with Crippen LogP contribution in [0, 0.1) is 0 Å². The summed E-state index contributed by atoms with van der Waals surface area (Å²) in [6, 6.07) is 15.7. The molecule has 190 valence electrons. The Bertz CT molecular complexity index is 1460. The number of pyridine rings is 1. The highest BCUT2D eigenvalue weighted by Crippen LogP contribution is 2.41. The SMILES string of the molecule is CCCCCOc1ccc(C2c3c(oc4ccccc4c3=O)C(=O)N2Cc2cccnc2)cc1OCC. The third-order valence-electron chi connectivity index (χ3n) is 6.54. The molecule has 1 unspecified atom stereocenters. The highest BCUT2D eigenvalue weighted by Gasteiger charge is 2.43. The minimum absolute atomic E-state index is 0.0791. The molecule has 0 spiro atoms. The molecular formula is C30H30N2O5. The normalized spacial score (nSPS) is 14.7. The molecule has 0 fully saturated rings. The Morgan fingerprint density at radius 3 is 2.62 bits per heavy atom. The van der Waals surface area contributed by atoms with Crippen LogP contribution < -0.4 is 14.9 Å². The van der Waals surface area contributed by atoms with Crippen molar-refractivity contribution in [1.82, 2.24) is 9.88 Å². The zero-order chi connectivity index (χ0) is 25.8. The molecule has 1 amide bonds. The molecule has 2 aromatic heterocycles. The number of benzene rings is 2. The lowest BCUT2D eigenvalue weighted by Crippen LogP contribution is -2.29. The van der Waals surface area contributed by atoms with Gasteiger partial charge in [0.25, 0.3) is 5.91 Å². The summed E-state index contributed by atoms with van der Waals surface area (Å²) in [6.45, 7) is 5.40. The number of nitrogens with zero attached hydrogens (tertiary/aromatic N) is 2. The predicted octanol–water partition coefficient (Wildman–Crippen LogP) is 5.90. The van der Waals surface area contributed by atoms with Crippen molar-refractivity contribution < 1.29 is 18.7 Å². The number of unbranched alkanes of at least 4 members (excludes halogenated alkanes) is 2. The van der Waals surface area contributed by atoms with Crippen LogP contribution in [0.25, 0.3) is 11.0 Å². The van der Waals surface area contributed by atoms with Crippen LogP contribution in [0.4, 0.5) is 0 Å². The van der Waals surface area contributed by atoms with E-state index in [1.54, 1.807) is 41.6 Å². The van der Waals surface area contributed by atoms with Gasteiger partial charge in [0.05, 0.1) is 30.2 Å². The van der Waals surface area contributed by atoms with Gasteiger partial charge < -0.3 is 18.8 Å². The van der Waals surface area contributed by atoms with Gasteiger partial charge >= 0.3 is 0 Å². The van der Waals surface area contributed by atoms with Crippen LogP contribution in [0.2, 0.25) is 0 Å². The molecule has 2 aromatic carbocycles. The number of aromatic nitrogens is 1. The van der Waals surface area contributed by atoms with E-state index in [-0.39, 0.29) is 23.6 Å². The Morgan fingerprint density at radius 1 is 0.973 bits per heavy atom. The summed E-state index contributed by atoms with van der Waals surface area (Å²) in [7, 11) is 0. The number of fused-ring (bicyclic) bond motifs is 2. The van der Waals surface area contributed by atoms with Crippen molar-refractivity contribution in [3.05, 3.63) is 99.7 Å². The second kappa shape index (κ2) is 10.9. The number of carbonyl (C=O) groups is 1. The van der Waals surface area contributed by atoms with Crippen molar-refractivity contribution in [3.8, 4) is 11.5 Å². The molecule has 1 aliphatic rings. The highest BCUT2D eigenvalue weighted by molar-refractivity contribution is 5.99. The molecule has 5 rings (SSSR count). The van der Waals surface area contributed by atoms with Crippen molar-refractivity contribution in [3.63, 3.8) is 0 Å². The van der Waals surface area contributed by atoms with Gasteiger partial charge in [-0.15, -0.1) is 0 Å². The molecular weight excluding hydrogens is 468 g/mol. The zero-order valence-corrected chi connectivity index (χ0v) is 21.1. The van der Waals surface area contributed by atoms with Crippen LogP contribution >= 0.6 is 0 Å². The maximum absolute atomic E-state index is 13.7. The highest BCUT2D eigenvalue weighted by atomic mass is 16.5.